The molecule has 0 atom stereocenters. The van der Waals surface area contributed by atoms with Crippen molar-refractivity contribution in [2.75, 3.05) is 0 Å². The van der Waals surface area contributed by atoms with Gasteiger partial charge in [0.25, 0.3) is 12.3 Å². The van der Waals surface area contributed by atoms with Gasteiger partial charge in [0.1, 0.15) is 5.15 Å². The van der Waals surface area contributed by atoms with Crippen LogP contribution in [0.25, 0.3) is 0 Å². The summed E-state index contributed by atoms with van der Waals surface area (Å²) in [4.78, 5) is 14.1. The van der Waals surface area contributed by atoms with E-state index in [2.05, 4.69) is 4.98 Å². The predicted molar refractivity (Wildman–Crippen MR) is 42.7 cm³/mol. The van der Waals surface area contributed by atoms with Crippen LogP contribution in [0, 0.1) is 0 Å². The van der Waals surface area contributed by atoms with Crippen molar-refractivity contribution in [2.45, 2.75) is 6.43 Å². The molecule has 1 amide bonds. The van der Waals surface area contributed by atoms with Crippen molar-refractivity contribution < 1.29 is 13.6 Å². The number of amides is 1. The highest BCUT2D eigenvalue weighted by molar-refractivity contribution is 6.29. The van der Waals surface area contributed by atoms with Crippen molar-refractivity contribution in [3.8, 4) is 0 Å². The number of carbonyl (C=O) groups excluding carboxylic acids is 1. The van der Waals surface area contributed by atoms with Gasteiger partial charge >= 0.3 is 0 Å². The standard InChI is InChI=1S/C7H5ClF2N2O/c8-5-1-3(6(9)10)4(2-12-5)7(11)13/h1-2,6H,(H2,11,13). The molecule has 0 aliphatic rings. The van der Waals surface area contributed by atoms with Crippen molar-refractivity contribution in [2.24, 2.45) is 5.73 Å². The van der Waals surface area contributed by atoms with Crippen LogP contribution in [0.15, 0.2) is 12.3 Å². The maximum Gasteiger partial charge on any atom is 0.264 e. The van der Waals surface area contributed by atoms with Crippen LogP contribution in [-0.4, -0.2) is 10.9 Å². The minimum atomic E-state index is -2.79. The Hall–Kier alpha value is -1.23. The smallest absolute Gasteiger partial charge is 0.264 e. The maximum atomic E-state index is 12.3. The number of nitrogens with two attached hydrogens (primary N) is 1. The SMILES string of the molecule is NC(=O)c1cnc(Cl)cc1C(F)F. The zero-order valence-corrected chi connectivity index (χ0v) is 7.05. The summed E-state index contributed by atoms with van der Waals surface area (Å²) in [5.74, 6) is -0.945. The van der Waals surface area contributed by atoms with Crippen LogP contribution in [0.4, 0.5) is 8.78 Å². The third kappa shape index (κ3) is 2.12. The summed E-state index contributed by atoms with van der Waals surface area (Å²) in [6, 6.07) is 0.923. The van der Waals surface area contributed by atoms with E-state index in [0.29, 0.717) is 0 Å². The first-order valence-electron chi connectivity index (χ1n) is 3.25. The summed E-state index contributed by atoms with van der Waals surface area (Å²) < 4.78 is 24.5. The van der Waals surface area contributed by atoms with E-state index < -0.39 is 17.9 Å². The molecule has 6 heteroatoms. The second-order valence-corrected chi connectivity index (χ2v) is 2.65. The largest absolute Gasteiger partial charge is 0.366 e. The van der Waals surface area contributed by atoms with Crippen molar-refractivity contribution in [3.63, 3.8) is 0 Å². The Balaban J connectivity index is 3.26. The number of pyridine rings is 1. The molecule has 1 heterocycles. The first kappa shape index (κ1) is 9.85. The summed E-state index contributed by atoms with van der Waals surface area (Å²) in [7, 11) is 0. The van der Waals surface area contributed by atoms with E-state index in [4.69, 9.17) is 17.3 Å². The molecule has 0 bridgehead atoms. The fourth-order valence-electron chi connectivity index (χ4n) is 0.831. The molecule has 0 radical (unpaired) electrons. The van der Waals surface area contributed by atoms with Gasteiger partial charge in [0.05, 0.1) is 5.56 Å². The van der Waals surface area contributed by atoms with E-state index in [0.717, 1.165) is 12.3 Å². The number of hydrogen-bond donors (Lipinski definition) is 1. The highest BCUT2D eigenvalue weighted by Gasteiger charge is 2.17. The van der Waals surface area contributed by atoms with Crippen LogP contribution in [0.3, 0.4) is 0 Å². The lowest BCUT2D eigenvalue weighted by atomic mass is 10.1. The molecule has 3 nitrogen and oxygen atoms in total. The Morgan fingerprint density at radius 2 is 2.23 bits per heavy atom. The second kappa shape index (κ2) is 3.66. The van der Waals surface area contributed by atoms with Crippen LogP contribution < -0.4 is 5.73 Å². The quantitative estimate of drug-likeness (QED) is 0.750. The molecular weight excluding hydrogens is 202 g/mol. The Kier molecular flexibility index (Phi) is 2.77. The third-order valence-electron chi connectivity index (χ3n) is 1.40. The normalized spacial score (nSPS) is 10.5. The lowest BCUT2D eigenvalue weighted by molar-refractivity contribution is 0.0985. The second-order valence-electron chi connectivity index (χ2n) is 2.26. The number of rotatable bonds is 2. The van der Waals surface area contributed by atoms with Gasteiger partial charge < -0.3 is 5.73 Å². The zero-order chi connectivity index (χ0) is 10.0. The van der Waals surface area contributed by atoms with Crippen molar-refractivity contribution in [1.29, 1.82) is 0 Å². The Morgan fingerprint density at radius 3 is 2.69 bits per heavy atom. The summed E-state index contributed by atoms with van der Waals surface area (Å²) in [5.41, 5.74) is 4.05. The Morgan fingerprint density at radius 1 is 1.62 bits per heavy atom. The summed E-state index contributed by atoms with van der Waals surface area (Å²) in [6.45, 7) is 0. The number of nitrogens with zero attached hydrogens (tertiary/aromatic N) is 1. The minimum absolute atomic E-state index is 0.0969. The van der Waals surface area contributed by atoms with Gasteiger partial charge in [0.2, 0.25) is 0 Å². The van der Waals surface area contributed by atoms with Gasteiger partial charge in [-0.05, 0) is 6.07 Å². The van der Waals surface area contributed by atoms with Crippen LogP contribution in [0.1, 0.15) is 22.3 Å². The molecule has 70 valence electrons. The van der Waals surface area contributed by atoms with E-state index in [-0.39, 0.29) is 10.7 Å². The molecule has 1 aromatic heterocycles. The van der Waals surface area contributed by atoms with Crippen LogP contribution in [-0.2, 0) is 0 Å². The molecule has 0 unspecified atom stereocenters. The van der Waals surface area contributed by atoms with Gasteiger partial charge in [0.15, 0.2) is 0 Å². The maximum absolute atomic E-state index is 12.3. The molecule has 13 heavy (non-hydrogen) atoms. The Bertz CT molecular complexity index is 343. The number of carbonyl (C=O) groups is 1. The van der Waals surface area contributed by atoms with E-state index in [1.54, 1.807) is 0 Å². The molecule has 0 spiro atoms. The molecule has 0 saturated heterocycles. The van der Waals surface area contributed by atoms with E-state index in [9.17, 15) is 13.6 Å². The van der Waals surface area contributed by atoms with Crippen LogP contribution >= 0.6 is 11.6 Å². The topological polar surface area (TPSA) is 56.0 Å². The van der Waals surface area contributed by atoms with Gasteiger partial charge in [0, 0.05) is 11.8 Å². The zero-order valence-electron chi connectivity index (χ0n) is 6.30. The summed E-state index contributed by atoms with van der Waals surface area (Å²) >= 11 is 5.37. The van der Waals surface area contributed by atoms with Gasteiger partial charge in [-0.15, -0.1) is 0 Å². The molecule has 1 aromatic rings. The lowest BCUT2D eigenvalue weighted by Crippen LogP contribution is -2.14. The Labute approximate surface area is 77.5 Å². The number of hydrogen-bond acceptors (Lipinski definition) is 2. The number of primary amides is 1. The minimum Gasteiger partial charge on any atom is -0.366 e. The third-order valence-corrected chi connectivity index (χ3v) is 1.61. The van der Waals surface area contributed by atoms with E-state index in [1.807, 2.05) is 0 Å². The molecule has 2 N–H and O–H groups in total. The van der Waals surface area contributed by atoms with Gasteiger partial charge in [-0.25, -0.2) is 13.8 Å². The van der Waals surface area contributed by atoms with Gasteiger partial charge in [-0.1, -0.05) is 11.6 Å². The van der Waals surface area contributed by atoms with E-state index >= 15 is 0 Å². The summed E-state index contributed by atoms with van der Waals surface area (Å²) in [5, 5.41) is -0.0969. The fourth-order valence-corrected chi connectivity index (χ4v) is 0.997. The van der Waals surface area contributed by atoms with Gasteiger partial charge in [-0.2, -0.15) is 0 Å². The molecule has 1 rings (SSSR count). The predicted octanol–water partition coefficient (Wildman–Crippen LogP) is 1.77. The molecule has 0 saturated carbocycles. The van der Waals surface area contributed by atoms with Crippen molar-refractivity contribution in [1.82, 2.24) is 4.98 Å². The average Bonchev–Trinajstić information content (AvgIpc) is 2.03. The molecule has 0 aliphatic carbocycles. The fraction of sp³-hybridized carbons (Fsp3) is 0.143. The van der Waals surface area contributed by atoms with Crippen LogP contribution in [0.2, 0.25) is 5.15 Å². The first-order valence-corrected chi connectivity index (χ1v) is 3.63. The lowest BCUT2D eigenvalue weighted by Gasteiger charge is -2.04. The molecule has 0 aliphatic heterocycles. The molecular formula is C7H5ClF2N2O. The van der Waals surface area contributed by atoms with Crippen molar-refractivity contribution >= 4 is 17.5 Å². The number of aromatic nitrogens is 1. The first-order chi connectivity index (χ1) is 6.02. The van der Waals surface area contributed by atoms with Crippen molar-refractivity contribution in [3.05, 3.63) is 28.5 Å². The average molecular weight is 207 g/mol. The molecule has 0 aromatic carbocycles. The highest BCUT2D eigenvalue weighted by atomic mass is 35.5. The van der Waals surface area contributed by atoms with Crippen LogP contribution in [0.5, 0.6) is 0 Å². The summed E-state index contributed by atoms with van der Waals surface area (Å²) in [6.07, 6.45) is -1.85. The monoisotopic (exact) mass is 206 g/mol. The molecule has 0 fully saturated rings. The number of alkyl halides is 2. The van der Waals surface area contributed by atoms with E-state index in [1.165, 1.54) is 0 Å². The number of halogens is 3. The highest BCUT2D eigenvalue weighted by Crippen LogP contribution is 2.24. The van der Waals surface area contributed by atoms with Gasteiger partial charge in [-0.3, -0.25) is 4.79 Å².